The Morgan fingerprint density at radius 2 is 2.04 bits per heavy atom. The molecule has 2 amide bonds. The SMILES string of the molecule is C[C@H](c1ccccc1)N1C[C@H](C(=O)N2CCc3ccncc32)CC1=O. The zero-order valence-corrected chi connectivity index (χ0v) is 14.3. The molecule has 5 nitrogen and oxygen atoms in total. The van der Waals surface area contributed by atoms with E-state index in [9.17, 15) is 9.59 Å². The van der Waals surface area contributed by atoms with E-state index in [1.165, 1.54) is 0 Å². The normalized spacial score (nSPS) is 20.7. The number of nitrogens with zero attached hydrogens (tertiary/aromatic N) is 3. The summed E-state index contributed by atoms with van der Waals surface area (Å²) in [6.45, 7) is 3.19. The molecule has 1 aromatic heterocycles. The van der Waals surface area contributed by atoms with Crippen molar-refractivity contribution in [2.45, 2.75) is 25.8 Å². The van der Waals surface area contributed by atoms with E-state index >= 15 is 0 Å². The van der Waals surface area contributed by atoms with Crippen molar-refractivity contribution in [1.29, 1.82) is 0 Å². The Labute approximate surface area is 147 Å². The monoisotopic (exact) mass is 335 g/mol. The van der Waals surface area contributed by atoms with Crippen LogP contribution in [-0.2, 0) is 16.0 Å². The molecule has 0 N–H and O–H groups in total. The van der Waals surface area contributed by atoms with Gasteiger partial charge in [0.05, 0.1) is 23.8 Å². The molecule has 0 spiro atoms. The molecule has 2 aliphatic rings. The quantitative estimate of drug-likeness (QED) is 0.866. The number of aromatic nitrogens is 1. The van der Waals surface area contributed by atoms with Crippen LogP contribution in [0.4, 0.5) is 5.69 Å². The summed E-state index contributed by atoms with van der Waals surface area (Å²) in [6, 6.07) is 11.9. The molecule has 2 aromatic rings. The topological polar surface area (TPSA) is 53.5 Å². The molecular formula is C20H21N3O2. The molecule has 2 atom stereocenters. The average molecular weight is 335 g/mol. The first-order chi connectivity index (χ1) is 12.1. The van der Waals surface area contributed by atoms with Gasteiger partial charge in [-0.2, -0.15) is 0 Å². The van der Waals surface area contributed by atoms with Gasteiger partial charge in [-0.3, -0.25) is 14.6 Å². The van der Waals surface area contributed by atoms with E-state index in [4.69, 9.17) is 0 Å². The molecule has 0 unspecified atom stereocenters. The van der Waals surface area contributed by atoms with Crippen LogP contribution in [0, 0.1) is 5.92 Å². The van der Waals surface area contributed by atoms with E-state index in [1.807, 2.05) is 48.2 Å². The highest BCUT2D eigenvalue weighted by Crippen LogP contribution is 2.33. The first-order valence-electron chi connectivity index (χ1n) is 8.74. The number of hydrogen-bond donors (Lipinski definition) is 0. The summed E-state index contributed by atoms with van der Waals surface area (Å²) in [7, 11) is 0. The third-order valence-electron chi connectivity index (χ3n) is 5.31. The highest BCUT2D eigenvalue weighted by atomic mass is 16.2. The van der Waals surface area contributed by atoms with Gasteiger partial charge in [-0.15, -0.1) is 0 Å². The maximum absolute atomic E-state index is 13.0. The van der Waals surface area contributed by atoms with Crippen LogP contribution >= 0.6 is 0 Å². The zero-order chi connectivity index (χ0) is 17.4. The van der Waals surface area contributed by atoms with Gasteiger partial charge in [0, 0.05) is 25.7 Å². The Balaban J connectivity index is 1.50. The second kappa shape index (κ2) is 6.31. The van der Waals surface area contributed by atoms with Gasteiger partial charge in [0.15, 0.2) is 0 Å². The van der Waals surface area contributed by atoms with Crippen molar-refractivity contribution in [3.05, 3.63) is 59.9 Å². The molecule has 1 aromatic carbocycles. The molecule has 0 aliphatic carbocycles. The molecule has 0 bridgehead atoms. The number of carbonyl (C=O) groups excluding carboxylic acids is 2. The van der Waals surface area contributed by atoms with Crippen LogP contribution in [0.25, 0.3) is 0 Å². The van der Waals surface area contributed by atoms with Crippen LogP contribution in [0.5, 0.6) is 0 Å². The first-order valence-corrected chi connectivity index (χ1v) is 8.74. The molecule has 3 heterocycles. The zero-order valence-electron chi connectivity index (χ0n) is 14.3. The number of amides is 2. The van der Waals surface area contributed by atoms with Crippen molar-refractivity contribution in [3.8, 4) is 0 Å². The van der Waals surface area contributed by atoms with Gasteiger partial charge in [-0.1, -0.05) is 30.3 Å². The number of benzene rings is 1. The summed E-state index contributed by atoms with van der Waals surface area (Å²) >= 11 is 0. The highest BCUT2D eigenvalue weighted by Gasteiger charge is 2.40. The van der Waals surface area contributed by atoms with Crippen LogP contribution in [0.2, 0.25) is 0 Å². The first kappa shape index (κ1) is 15.8. The van der Waals surface area contributed by atoms with Gasteiger partial charge < -0.3 is 9.80 Å². The number of pyridine rings is 1. The molecule has 1 saturated heterocycles. The highest BCUT2D eigenvalue weighted by molar-refractivity contribution is 6.00. The summed E-state index contributed by atoms with van der Waals surface area (Å²) in [5.41, 5.74) is 3.15. The summed E-state index contributed by atoms with van der Waals surface area (Å²) in [4.78, 5) is 33.3. The maximum atomic E-state index is 13.0. The fourth-order valence-electron chi connectivity index (χ4n) is 3.85. The lowest BCUT2D eigenvalue weighted by Crippen LogP contribution is -2.36. The summed E-state index contributed by atoms with van der Waals surface area (Å²) in [5, 5.41) is 0. The molecule has 0 saturated carbocycles. The van der Waals surface area contributed by atoms with Gasteiger partial charge in [-0.25, -0.2) is 0 Å². The van der Waals surface area contributed by atoms with Crippen molar-refractivity contribution in [1.82, 2.24) is 9.88 Å². The van der Waals surface area contributed by atoms with Crippen LogP contribution in [0.15, 0.2) is 48.8 Å². The Morgan fingerprint density at radius 3 is 2.84 bits per heavy atom. The lowest BCUT2D eigenvalue weighted by atomic mass is 10.1. The van der Waals surface area contributed by atoms with Gasteiger partial charge in [0.2, 0.25) is 11.8 Å². The number of fused-ring (bicyclic) bond motifs is 1. The molecular weight excluding hydrogens is 314 g/mol. The Morgan fingerprint density at radius 1 is 1.24 bits per heavy atom. The van der Waals surface area contributed by atoms with Crippen molar-refractivity contribution in [2.75, 3.05) is 18.0 Å². The van der Waals surface area contributed by atoms with Gasteiger partial charge in [0.1, 0.15) is 0 Å². The maximum Gasteiger partial charge on any atom is 0.232 e. The largest absolute Gasteiger partial charge is 0.335 e. The summed E-state index contributed by atoms with van der Waals surface area (Å²) in [5.74, 6) is -0.173. The standard InChI is InChI=1S/C20H21N3O2/c1-14(15-5-3-2-4-6-15)23-13-17(11-19(23)24)20(25)22-10-8-16-7-9-21-12-18(16)22/h2-7,9,12,14,17H,8,10-11,13H2,1H3/t14-,17-/m1/s1. The molecule has 128 valence electrons. The lowest BCUT2D eigenvalue weighted by Gasteiger charge is -2.26. The minimum atomic E-state index is -0.273. The molecule has 4 rings (SSSR count). The Kier molecular flexibility index (Phi) is 3.99. The minimum absolute atomic E-state index is 0.0148. The minimum Gasteiger partial charge on any atom is -0.335 e. The number of anilines is 1. The van der Waals surface area contributed by atoms with Gasteiger partial charge >= 0.3 is 0 Å². The van der Waals surface area contributed by atoms with E-state index in [-0.39, 0.29) is 23.8 Å². The molecule has 1 fully saturated rings. The van der Waals surface area contributed by atoms with Crippen molar-refractivity contribution < 1.29 is 9.59 Å². The van der Waals surface area contributed by atoms with E-state index in [1.54, 1.807) is 17.3 Å². The lowest BCUT2D eigenvalue weighted by molar-refractivity contribution is -0.130. The van der Waals surface area contributed by atoms with Crippen LogP contribution in [-0.4, -0.2) is 34.8 Å². The predicted octanol–water partition coefficient (Wildman–Crippen LogP) is 2.58. The van der Waals surface area contributed by atoms with Crippen molar-refractivity contribution in [3.63, 3.8) is 0 Å². The van der Waals surface area contributed by atoms with E-state index in [0.29, 0.717) is 19.5 Å². The number of carbonyl (C=O) groups is 2. The second-order valence-electron chi connectivity index (χ2n) is 6.78. The molecule has 2 aliphatic heterocycles. The van der Waals surface area contributed by atoms with Crippen LogP contribution < -0.4 is 4.90 Å². The number of hydrogen-bond acceptors (Lipinski definition) is 3. The van der Waals surface area contributed by atoms with Crippen molar-refractivity contribution in [2.24, 2.45) is 5.92 Å². The predicted molar refractivity (Wildman–Crippen MR) is 95.0 cm³/mol. The Hall–Kier alpha value is -2.69. The summed E-state index contributed by atoms with van der Waals surface area (Å²) < 4.78 is 0. The Bertz CT molecular complexity index is 806. The van der Waals surface area contributed by atoms with E-state index in [0.717, 1.165) is 23.2 Å². The van der Waals surface area contributed by atoms with Gasteiger partial charge in [0.25, 0.3) is 0 Å². The molecule has 5 heteroatoms. The van der Waals surface area contributed by atoms with Gasteiger partial charge in [-0.05, 0) is 30.5 Å². The second-order valence-corrected chi connectivity index (χ2v) is 6.78. The fourth-order valence-corrected chi connectivity index (χ4v) is 3.85. The van der Waals surface area contributed by atoms with Crippen LogP contribution in [0.3, 0.4) is 0 Å². The molecule has 25 heavy (non-hydrogen) atoms. The average Bonchev–Trinajstić information content (AvgIpc) is 3.25. The smallest absolute Gasteiger partial charge is 0.232 e. The third-order valence-corrected chi connectivity index (χ3v) is 5.31. The number of rotatable bonds is 3. The third kappa shape index (κ3) is 2.80. The van der Waals surface area contributed by atoms with E-state index in [2.05, 4.69) is 4.98 Å². The van der Waals surface area contributed by atoms with E-state index < -0.39 is 0 Å². The summed E-state index contributed by atoms with van der Waals surface area (Å²) in [6.07, 6.45) is 4.66. The van der Waals surface area contributed by atoms with Crippen LogP contribution in [0.1, 0.15) is 30.5 Å². The number of likely N-dealkylation sites (tertiary alicyclic amines) is 1. The molecule has 0 radical (unpaired) electrons. The van der Waals surface area contributed by atoms with Crippen molar-refractivity contribution >= 4 is 17.5 Å². The fraction of sp³-hybridized carbons (Fsp3) is 0.350.